The van der Waals surface area contributed by atoms with E-state index >= 15 is 0 Å². The third kappa shape index (κ3) is 1.33. The van der Waals surface area contributed by atoms with E-state index in [0.29, 0.717) is 6.04 Å². The second-order valence-corrected chi connectivity index (χ2v) is 3.90. The molecule has 1 aliphatic rings. The Morgan fingerprint density at radius 2 is 2.45 bits per heavy atom. The molecule has 0 aliphatic carbocycles. The van der Waals surface area contributed by atoms with E-state index in [0.717, 1.165) is 0 Å². The molecular formula is C9H13NS. The van der Waals surface area contributed by atoms with Gasteiger partial charge in [0.15, 0.2) is 0 Å². The Morgan fingerprint density at radius 1 is 1.55 bits per heavy atom. The van der Waals surface area contributed by atoms with Crippen molar-refractivity contribution in [1.29, 1.82) is 0 Å². The predicted octanol–water partition coefficient (Wildman–Crippen LogP) is 2.48. The Labute approximate surface area is 71.4 Å². The fraction of sp³-hybridized carbons (Fsp3) is 0.556. The molecular weight excluding hydrogens is 154 g/mol. The van der Waals surface area contributed by atoms with E-state index < -0.39 is 0 Å². The molecule has 0 radical (unpaired) electrons. The van der Waals surface area contributed by atoms with Gasteiger partial charge in [-0.25, -0.2) is 0 Å². The summed E-state index contributed by atoms with van der Waals surface area (Å²) >= 11 is 1.81. The number of hydrogen-bond acceptors (Lipinski definition) is 2. The number of nitrogens with one attached hydrogen (secondary N) is 1. The van der Waals surface area contributed by atoms with Crippen molar-refractivity contribution in [2.75, 3.05) is 6.54 Å². The summed E-state index contributed by atoms with van der Waals surface area (Å²) in [4.78, 5) is 0. The van der Waals surface area contributed by atoms with Crippen LogP contribution in [0.15, 0.2) is 10.8 Å². The summed E-state index contributed by atoms with van der Waals surface area (Å²) in [6.45, 7) is 3.39. The molecule has 1 unspecified atom stereocenters. The Kier molecular flexibility index (Phi) is 1.96. The van der Waals surface area contributed by atoms with Crippen LogP contribution in [0, 0.1) is 6.92 Å². The summed E-state index contributed by atoms with van der Waals surface area (Å²) in [5.74, 6) is 0. The van der Waals surface area contributed by atoms with Gasteiger partial charge in [-0.15, -0.1) is 0 Å². The SMILES string of the molecule is Cc1cscc1C1CCCN1. The van der Waals surface area contributed by atoms with Crippen LogP contribution < -0.4 is 5.32 Å². The van der Waals surface area contributed by atoms with Crippen LogP contribution >= 0.6 is 11.3 Å². The van der Waals surface area contributed by atoms with Crippen molar-refractivity contribution in [3.63, 3.8) is 0 Å². The van der Waals surface area contributed by atoms with E-state index in [1.807, 2.05) is 11.3 Å². The summed E-state index contributed by atoms with van der Waals surface area (Å²) in [6, 6.07) is 0.654. The fourth-order valence-electron chi connectivity index (χ4n) is 1.68. The third-order valence-corrected chi connectivity index (χ3v) is 3.21. The molecule has 1 aromatic heterocycles. The summed E-state index contributed by atoms with van der Waals surface area (Å²) in [7, 11) is 0. The molecule has 11 heavy (non-hydrogen) atoms. The lowest BCUT2D eigenvalue weighted by Crippen LogP contribution is -2.12. The lowest BCUT2D eigenvalue weighted by molar-refractivity contribution is 0.646. The molecule has 0 spiro atoms. The zero-order chi connectivity index (χ0) is 7.68. The van der Waals surface area contributed by atoms with Crippen molar-refractivity contribution in [3.05, 3.63) is 21.9 Å². The molecule has 1 saturated heterocycles. The quantitative estimate of drug-likeness (QED) is 0.677. The van der Waals surface area contributed by atoms with E-state index in [4.69, 9.17) is 0 Å². The number of thiophene rings is 1. The van der Waals surface area contributed by atoms with Gasteiger partial charge in [-0.3, -0.25) is 0 Å². The van der Waals surface area contributed by atoms with Gasteiger partial charge in [0.2, 0.25) is 0 Å². The normalized spacial score (nSPS) is 24.3. The highest BCUT2D eigenvalue weighted by molar-refractivity contribution is 7.08. The molecule has 1 atom stereocenters. The molecule has 0 saturated carbocycles. The smallest absolute Gasteiger partial charge is 0.0331 e. The van der Waals surface area contributed by atoms with E-state index in [2.05, 4.69) is 23.0 Å². The van der Waals surface area contributed by atoms with Gasteiger partial charge in [0.05, 0.1) is 0 Å². The molecule has 2 rings (SSSR count). The first kappa shape index (κ1) is 7.32. The number of aryl methyl sites for hydroxylation is 1. The Balaban J connectivity index is 2.21. The number of hydrogen-bond donors (Lipinski definition) is 1. The van der Waals surface area contributed by atoms with Gasteiger partial charge in [-0.1, -0.05) is 0 Å². The third-order valence-electron chi connectivity index (χ3n) is 2.33. The van der Waals surface area contributed by atoms with Crippen molar-refractivity contribution in [2.24, 2.45) is 0 Å². The Bertz CT molecular complexity index is 235. The van der Waals surface area contributed by atoms with E-state index in [-0.39, 0.29) is 0 Å². The average Bonchev–Trinajstić information content (AvgIpc) is 2.55. The van der Waals surface area contributed by atoms with Crippen LogP contribution in [-0.4, -0.2) is 6.54 Å². The maximum absolute atomic E-state index is 3.51. The van der Waals surface area contributed by atoms with Crippen LogP contribution in [-0.2, 0) is 0 Å². The maximum Gasteiger partial charge on any atom is 0.0331 e. The fourth-order valence-corrected chi connectivity index (χ4v) is 2.58. The molecule has 0 amide bonds. The summed E-state index contributed by atoms with van der Waals surface area (Å²) in [5.41, 5.74) is 2.97. The molecule has 1 N–H and O–H groups in total. The monoisotopic (exact) mass is 167 g/mol. The first-order chi connectivity index (χ1) is 5.38. The van der Waals surface area contributed by atoms with Crippen molar-refractivity contribution in [1.82, 2.24) is 5.32 Å². The molecule has 1 nitrogen and oxygen atoms in total. The minimum atomic E-state index is 0.654. The number of rotatable bonds is 1. The second-order valence-electron chi connectivity index (χ2n) is 3.16. The van der Waals surface area contributed by atoms with E-state index in [1.54, 1.807) is 0 Å². The zero-order valence-corrected chi connectivity index (χ0v) is 7.58. The standard InChI is InChI=1S/C9H13NS/c1-7-5-11-6-8(7)9-3-2-4-10-9/h5-6,9-10H,2-4H2,1H3. The molecule has 2 heteroatoms. The molecule has 1 aliphatic heterocycles. The summed E-state index contributed by atoms with van der Waals surface area (Å²) in [6.07, 6.45) is 2.65. The molecule has 1 fully saturated rings. The second kappa shape index (κ2) is 2.95. The highest BCUT2D eigenvalue weighted by Crippen LogP contribution is 2.27. The van der Waals surface area contributed by atoms with Crippen LogP contribution in [0.3, 0.4) is 0 Å². The highest BCUT2D eigenvalue weighted by atomic mass is 32.1. The van der Waals surface area contributed by atoms with Gasteiger partial charge in [0, 0.05) is 6.04 Å². The first-order valence-corrected chi connectivity index (χ1v) is 5.08. The zero-order valence-electron chi connectivity index (χ0n) is 6.76. The minimum absolute atomic E-state index is 0.654. The summed E-state index contributed by atoms with van der Waals surface area (Å²) in [5, 5.41) is 8.01. The first-order valence-electron chi connectivity index (χ1n) is 4.14. The van der Waals surface area contributed by atoms with Crippen LogP contribution in [0.5, 0.6) is 0 Å². The lowest BCUT2D eigenvalue weighted by Gasteiger charge is -2.08. The Morgan fingerprint density at radius 3 is 3.00 bits per heavy atom. The lowest BCUT2D eigenvalue weighted by atomic mass is 10.1. The Hall–Kier alpha value is -0.340. The molecule has 0 aromatic carbocycles. The van der Waals surface area contributed by atoms with Crippen molar-refractivity contribution < 1.29 is 0 Å². The van der Waals surface area contributed by atoms with Gasteiger partial charge >= 0.3 is 0 Å². The topological polar surface area (TPSA) is 12.0 Å². The van der Waals surface area contributed by atoms with E-state index in [1.165, 1.54) is 30.5 Å². The van der Waals surface area contributed by atoms with Gasteiger partial charge in [0.25, 0.3) is 0 Å². The van der Waals surface area contributed by atoms with Gasteiger partial charge in [-0.2, -0.15) is 11.3 Å². The maximum atomic E-state index is 3.51. The van der Waals surface area contributed by atoms with Gasteiger partial charge in [0.1, 0.15) is 0 Å². The van der Waals surface area contributed by atoms with Crippen LogP contribution in [0.2, 0.25) is 0 Å². The predicted molar refractivity (Wildman–Crippen MR) is 49.0 cm³/mol. The largest absolute Gasteiger partial charge is 0.310 e. The van der Waals surface area contributed by atoms with Gasteiger partial charge < -0.3 is 5.32 Å². The van der Waals surface area contributed by atoms with Crippen LogP contribution in [0.1, 0.15) is 30.0 Å². The average molecular weight is 167 g/mol. The van der Waals surface area contributed by atoms with Crippen molar-refractivity contribution >= 4 is 11.3 Å². The molecule has 2 heterocycles. The van der Waals surface area contributed by atoms with Crippen molar-refractivity contribution in [3.8, 4) is 0 Å². The molecule has 0 bridgehead atoms. The minimum Gasteiger partial charge on any atom is -0.310 e. The van der Waals surface area contributed by atoms with Gasteiger partial charge in [-0.05, 0) is 48.2 Å². The van der Waals surface area contributed by atoms with E-state index in [9.17, 15) is 0 Å². The molecule has 60 valence electrons. The highest BCUT2D eigenvalue weighted by Gasteiger charge is 2.17. The van der Waals surface area contributed by atoms with Crippen LogP contribution in [0.25, 0.3) is 0 Å². The summed E-state index contributed by atoms with van der Waals surface area (Å²) < 4.78 is 0. The van der Waals surface area contributed by atoms with Crippen LogP contribution in [0.4, 0.5) is 0 Å². The van der Waals surface area contributed by atoms with Crippen molar-refractivity contribution in [2.45, 2.75) is 25.8 Å². The molecule has 1 aromatic rings.